The average Bonchev–Trinajstić information content (AvgIpc) is 2.16. The van der Waals surface area contributed by atoms with Gasteiger partial charge in [0.2, 0.25) is 0 Å². The van der Waals surface area contributed by atoms with E-state index in [2.05, 4.69) is 31.9 Å². The van der Waals surface area contributed by atoms with Crippen LogP contribution < -0.4 is 0 Å². The van der Waals surface area contributed by atoms with Gasteiger partial charge in [0.15, 0.2) is 0 Å². The van der Waals surface area contributed by atoms with E-state index < -0.39 is 47.2 Å². The van der Waals surface area contributed by atoms with Crippen molar-refractivity contribution in [1.29, 1.82) is 0 Å². The van der Waals surface area contributed by atoms with Gasteiger partial charge in [-0.2, -0.15) is 35.1 Å². The fourth-order valence-electron chi connectivity index (χ4n) is 1.01. The fraction of sp³-hybridized carbons (Fsp3) is 1.00. The monoisotopic (exact) mass is 414 g/mol. The summed E-state index contributed by atoms with van der Waals surface area (Å²) in [6.07, 6.45) is -3.36. The van der Waals surface area contributed by atoms with Crippen LogP contribution in [0, 0.1) is 0 Å². The van der Waals surface area contributed by atoms with Gasteiger partial charge >= 0.3 is 23.7 Å². The number of hydrogen-bond acceptors (Lipinski definition) is 0. The molecule has 0 aromatic rings. The van der Waals surface area contributed by atoms with Crippen LogP contribution in [0.1, 0.15) is 12.8 Å². The molecule has 110 valence electrons. The fourth-order valence-corrected chi connectivity index (χ4v) is 2.01. The molecule has 0 bridgehead atoms. The molecule has 10 heteroatoms. The molecule has 0 aliphatic carbocycles. The molecule has 0 N–H and O–H groups in total. The van der Waals surface area contributed by atoms with Crippen LogP contribution in [0.15, 0.2) is 0 Å². The molecule has 0 aliphatic heterocycles. The predicted octanol–water partition coefficient (Wildman–Crippen LogP) is 5.10. The van der Waals surface area contributed by atoms with Gasteiger partial charge in [-0.25, -0.2) is 0 Å². The summed E-state index contributed by atoms with van der Waals surface area (Å²) in [5.41, 5.74) is 0. The zero-order chi connectivity index (χ0) is 14.8. The van der Waals surface area contributed by atoms with Gasteiger partial charge in [-0.1, -0.05) is 31.9 Å². The molecule has 0 saturated heterocycles. The largest absolute Gasteiger partial charge is 0.378 e. The summed E-state index contributed by atoms with van der Waals surface area (Å²) in [5, 5.41) is -1.45. The van der Waals surface area contributed by atoms with E-state index >= 15 is 0 Å². The normalized spacial score (nSPS) is 15.0. The highest BCUT2D eigenvalue weighted by Crippen LogP contribution is 2.54. The van der Waals surface area contributed by atoms with Crippen LogP contribution in [0.5, 0.6) is 0 Å². The van der Waals surface area contributed by atoms with E-state index in [-0.39, 0.29) is 0 Å². The van der Waals surface area contributed by atoms with Crippen LogP contribution >= 0.6 is 31.9 Å². The summed E-state index contributed by atoms with van der Waals surface area (Å²) in [6, 6.07) is 0. The van der Waals surface area contributed by atoms with Gasteiger partial charge < -0.3 is 0 Å². The maximum atomic E-state index is 13.0. The molecular formula is C8H8Br2F8. The highest BCUT2D eigenvalue weighted by molar-refractivity contribution is 9.09. The van der Waals surface area contributed by atoms with Crippen LogP contribution in [0.4, 0.5) is 35.1 Å². The Morgan fingerprint density at radius 3 is 0.944 bits per heavy atom. The van der Waals surface area contributed by atoms with E-state index in [1.807, 2.05) is 0 Å². The van der Waals surface area contributed by atoms with E-state index in [1.165, 1.54) is 0 Å². The molecular weight excluding hydrogens is 408 g/mol. The third-order valence-electron chi connectivity index (χ3n) is 2.13. The van der Waals surface area contributed by atoms with Crippen molar-refractivity contribution in [3.8, 4) is 0 Å². The zero-order valence-electron chi connectivity index (χ0n) is 8.61. The van der Waals surface area contributed by atoms with Crippen LogP contribution in [0.3, 0.4) is 0 Å². The lowest BCUT2D eigenvalue weighted by Gasteiger charge is -2.36. The molecule has 0 fully saturated rings. The molecule has 0 heterocycles. The van der Waals surface area contributed by atoms with Crippen molar-refractivity contribution < 1.29 is 35.1 Å². The highest BCUT2D eigenvalue weighted by atomic mass is 79.9. The second kappa shape index (κ2) is 5.80. The van der Waals surface area contributed by atoms with Gasteiger partial charge in [-0.05, 0) is 0 Å². The standard InChI is InChI=1S/C8H8Br2F8/c9-3-1-5(11,12)7(15,16)8(17,18)6(13,14)2-4-10/h1-4H2. The van der Waals surface area contributed by atoms with Gasteiger partial charge in [0.1, 0.15) is 0 Å². The topological polar surface area (TPSA) is 0 Å². The first-order valence-corrected chi connectivity index (χ1v) is 6.75. The number of alkyl halides is 10. The van der Waals surface area contributed by atoms with Crippen molar-refractivity contribution in [3.63, 3.8) is 0 Å². The average molecular weight is 416 g/mol. The summed E-state index contributed by atoms with van der Waals surface area (Å²) >= 11 is 4.74. The summed E-state index contributed by atoms with van der Waals surface area (Å²) in [5.74, 6) is -22.8. The molecule has 0 spiro atoms. The van der Waals surface area contributed by atoms with E-state index in [0.29, 0.717) is 0 Å². The first-order valence-electron chi connectivity index (χ1n) is 4.50. The van der Waals surface area contributed by atoms with Crippen molar-refractivity contribution in [2.24, 2.45) is 0 Å². The quantitative estimate of drug-likeness (QED) is 0.401. The second-order valence-corrected chi connectivity index (χ2v) is 5.02. The highest BCUT2D eigenvalue weighted by Gasteiger charge is 2.79. The van der Waals surface area contributed by atoms with Gasteiger partial charge in [0.05, 0.1) is 0 Å². The smallest absolute Gasteiger partial charge is 0.200 e. The Balaban J connectivity index is 5.43. The number of halogens is 10. The van der Waals surface area contributed by atoms with E-state index in [0.717, 1.165) is 0 Å². The molecule has 18 heavy (non-hydrogen) atoms. The lowest BCUT2D eigenvalue weighted by molar-refractivity contribution is -0.366. The minimum absolute atomic E-state index is 0.727. The van der Waals surface area contributed by atoms with Crippen LogP contribution in [-0.2, 0) is 0 Å². The zero-order valence-corrected chi connectivity index (χ0v) is 11.8. The van der Waals surface area contributed by atoms with Crippen molar-refractivity contribution in [3.05, 3.63) is 0 Å². The van der Waals surface area contributed by atoms with Gasteiger partial charge in [0.25, 0.3) is 0 Å². The van der Waals surface area contributed by atoms with E-state index in [9.17, 15) is 35.1 Å². The maximum absolute atomic E-state index is 13.0. The molecule has 0 rings (SSSR count). The third-order valence-corrected chi connectivity index (χ3v) is 2.92. The third kappa shape index (κ3) is 3.10. The van der Waals surface area contributed by atoms with Gasteiger partial charge in [-0.15, -0.1) is 0 Å². The van der Waals surface area contributed by atoms with Crippen molar-refractivity contribution in [2.45, 2.75) is 36.5 Å². The Kier molecular flexibility index (Phi) is 5.93. The lowest BCUT2D eigenvalue weighted by atomic mass is 9.96. The van der Waals surface area contributed by atoms with E-state index in [4.69, 9.17) is 0 Å². The van der Waals surface area contributed by atoms with Gasteiger partial charge in [0, 0.05) is 23.5 Å². The Hall–Kier alpha value is 0.400. The minimum Gasteiger partial charge on any atom is -0.200 e. The molecule has 0 aliphatic rings. The van der Waals surface area contributed by atoms with Crippen molar-refractivity contribution in [2.75, 3.05) is 10.7 Å². The molecule has 0 atom stereocenters. The summed E-state index contributed by atoms with van der Waals surface area (Å²) < 4.78 is 103. The van der Waals surface area contributed by atoms with Crippen molar-refractivity contribution in [1.82, 2.24) is 0 Å². The Morgan fingerprint density at radius 1 is 0.556 bits per heavy atom. The van der Waals surface area contributed by atoms with Gasteiger partial charge in [-0.3, -0.25) is 0 Å². The first-order chi connectivity index (χ1) is 7.87. The molecule has 0 aromatic heterocycles. The van der Waals surface area contributed by atoms with Crippen LogP contribution in [0.2, 0.25) is 0 Å². The Bertz CT molecular complexity index is 250. The molecule has 0 saturated carbocycles. The molecule has 0 radical (unpaired) electrons. The molecule has 0 aromatic carbocycles. The summed E-state index contributed by atoms with van der Waals surface area (Å²) in [4.78, 5) is 0. The van der Waals surface area contributed by atoms with Crippen LogP contribution in [-0.4, -0.2) is 34.4 Å². The molecule has 0 nitrogen and oxygen atoms in total. The second-order valence-electron chi connectivity index (χ2n) is 3.44. The summed E-state index contributed by atoms with van der Waals surface area (Å²) in [7, 11) is 0. The first kappa shape index (κ1) is 18.4. The summed E-state index contributed by atoms with van der Waals surface area (Å²) in [6.45, 7) is 0. The SMILES string of the molecule is FC(F)(CCBr)C(F)(F)C(F)(F)C(F)(F)CCBr. The van der Waals surface area contributed by atoms with Crippen LogP contribution in [0.25, 0.3) is 0 Å². The molecule has 0 amide bonds. The Labute approximate surface area is 114 Å². The van der Waals surface area contributed by atoms with E-state index in [1.54, 1.807) is 0 Å². The number of hydrogen-bond donors (Lipinski definition) is 0. The van der Waals surface area contributed by atoms with Crippen molar-refractivity contribution >= 4 is 31.9 Å². The number of rotatable bonds is 7. The lowest BCUT2D eigenvalue weighted by Crippen LogP contribution is -2.62. The Morgan fingerprint density at radius 2 is 0.778 bits per heavy atom. The minimum atomic E-state index is -6.14. The predicted molar refractivity (Wildman–Crippen MR) is 56.6 cm³/mol. The maximum Gasteiger partial charge on any atom is 0.378 e. The molecule has 0 unspecified atom stereocenters.